The summed E-state index contributed by atoms with van der Waals surface area (Å²) >= 11 is 6.25. The Labute approximate surface area is 233 Å². The first kappa shape index (κ1) is 29.1. The Morgan fingerprint density at radius 1 is 1.14 bits per heavy atom. The number of aliphatic imine (C=N–C) groups is 1. The zero-order valence-electron chi connectivity index (χ0n) is 24.4. The number of nitrogens with one attached hydrogen (secondary N) is 1. The van der Waals surface area contributed by atoms with E-state index in [2.05, 4.69) is 69.1 Å². The number of piperidine rings is 1. The van der Waals surface area contributed by atoms with Crippen LogP contribution in [0.15, 0.2) is 39.9 Å². The van der Waals surface area contributed by atoms with Crippen molar-refractivity contribution in [3.63, 3.8) is 0 Å². The Morgan fingerprint density at radius 3 is 2.68 bits per heavy atom. The third-order valence-electron chi connectivity index (χ3n) is 9.78. The summed E-state index contributed by atoms with van der Waals surface area (Å²) in [6, 6.07) is 0.555. The number of likely N-dealkylation sites (tertiary alicyclic amines) is 1. The monoisotopic (exact) mass is 527 g/mol. The highest BCUT2D eigenvalue weighted by Gasteiger charge is 2.38. The summed E-state index contributed by atoms with van der Waals surface area (Å²) in [5.74, 6) is 3.47. The van der Waals surface area contributed by atoms with Crippen molar-refractivity contribution in [2.75, 3.05) is 32.7 Å². The first-order valence-corrected chi connectivity index (χ1v) is 15.8. The fourth-order valence-electron chi connectivity index (χ4n) is 7.69. The quantitative estimate of drug-likeness (QED) is 0.307. The molecule has 0 amide bonds. The van der Waals surface area contributed by atoms with E-state index in [4.69, 9.17) is 16.6 Å². The van der Waals surface area contributed by atoms with Gasteiger partial charge in [-0.3, -0.25) is 4.99 Å². The van der Waals surface area contributed by atoms with Crippen molar-refractivity contribution in [1.29, 1.82) is 0 Å². The lowest BCUT2D eigenvalue weighted by Gasteiger charge is -2.47. The number of hydrogen-bond acceptors (Lipinski definition) is 3. The molecule has 0 spiro atoms. The molecular formula is C33H54ClN3. The maximum absolute atomic E-state index is 6.25. The molecule has 4 heteroatoms. The second-order valence-electron chi connectivity index (χ2n) is 13.4. The summed E-state index contributed by atoms with van der Waals surface area (Å²) < 4.78 is 0. The highest BCUT2D eigenvalue weighted by atomic mass is 35.5. The van der Waals surface area contributed by atoms with Gasteiger partial charge in [0, 0.05) is 42.3 Å². The van der Waals surface area contributed by atoms with Gasteiger partial charge in [-0.25, -0.2) is 0 Å². The topological polar surface area (TPSA) is 27.6 Å². The minimum absolute atomic E-state index is 0.308. The SMILES string of the molecule is CCN=C1CCCCC1C1C=CCC(CN[C@@H](CN2CC[C@H](C3=CC=C(Cl)CC3)C(C)(C)C2)C(C)C)C1. The second-order valence-corrected chi connectivity index (χ2v) is 13.9. The smallest absolute Gasteiger partial charge is 0.0360 e. The van der Waals surface area contributed by atoms with Crippen molar-refractivity contribution in [3.05, 3.63) is 34.9 Å². The highest BCUT2D eigenvalue weighted by molar-refractivity contribution is 6.29. The maximum Gasteiger partial charge on any atom is 0.0360 e. The standard InChI is InChI=1S/C33H54ClN3/c1-6-35-31-13-8-7-12-29(31)27-11-9-10-25(20-27)21-36-32(24(2)3)22-37-19-18-30(33(4,5)23-37)26-14-16-28(34)17-15-26/h9,11,14,16,24-25,27,29-30,32,36H,6-8,10,12-13,15,17-23H2,1-5H3/t25?,27?,29?,30-,32+/m1/s1. The first-order valence-electron chi connectivity index (χ1n) is 15.5. The van der Waals surface area contributed by atoms with Gasteiger partial charge in [-0.05, 0) is 107 Å². The third kappa shape index (κ3) is 7.83. The lowest BCUT2D eigenvalue weighted by Crippen LogP contribution is -2.52. The van der Waals surface area contributed by atoms with Gasteiger partial charge in [-0.15, -0.1) is 0 Å². The summed E-state index contributed by atoms with van der Waals surface area (Å²) in [4.78, 5) is 7.68. The molecule has 3 unspecified atom stereocenters. The van der Waals surface area contributed by atoms with Crippen LogP contribution in [0.4, 0.5) is 0 Å². The molecule has 37 heavy (non-hydrogen) atoms. The molecule has 0 aromatic carbocycles. The van der Waals surface area contributed by atoms with Crippen molar-refractivity contribution >= 4 is 17.3 Å². The lowest BCUT2D eigenvalue weighted by atomic mass is 9.68. The van der Waals surface area contributed by atoms with E-state index in [9.17, 15) is 0 Å². The molecule has 0 bridgehead atoms. The van der Waals surface area contributed by atoms with Gasteiger partial charge < -0.3 is 10.2 Å². The van der Waals surface area contributed by atoms with E-state index in [1.54, 1.807) is 5.57 Å². The van der Waals surface area contributed by atoms with Crippen LogP contribution in [-0.2, 0) is 0 Å². The number of rotatable bonds is 9. The zero-order chi connectivity index (χ0) is 26.4. The van der Waals surface area contributed by atoms with Crippen LogP contribution in [0, 0.1) is 35.0 Å². The molecule has 0 aromatic rings. The van der Waals surface area contributed by atoms with Crippen LogP contribution in [0.25, 0.3) is 0 Å². The Balaban J connectivity index is 1.30. The molecule has 4 aliphatic rings. The van der Waals surface area contributed by atoms with Crippen LogP contribution >= 0.6 is 11.6 Å². The largest absolute Gasteiger partial charge is 0.312 e. The van der Waals surface area contributed by atoms with E-state index >= 15 is 0 Å². The maximum atomic E-state index is 6.25. The van der Waals surface area contributed by atoms with E-state index in [1.807, 2.05) is 0 Å². The molecule has 4 rings (SSSR count). The fourth-order valence-corrected chi connectivity index (χ4v) is 7.85. The van der Waals surface area contributed by atoms with Crippen molar-refractivity contribution in [2.24, 2.45) is 40.0 Å². The van der Waals surface area contributed by atoms with E-state index in [-0.39, 0.29) is 0 Å². The van der Waals surface area contributed by atoms with Gasteiger partial charge in [-0.2, -0.15) is 0 Å². The zero-order valence-corrected chi connectivity index (χ0v) is 25.2. The minimum Gasteiger partial charge on any atom is -0.312 e. The lowest BCUT2D eigenvalue weighted by molar-refractivity contribution is 0.0598. The predicted molar refractivity (Wildman–Crippen MR) is 161 cm³/mol. The summed E-state index contributed by atoms with van der Waals surface area (Å²) in [5, 5.41) is 5.08. The van der Waals surface area contributed by atoms with E-state index in [0.29, 0.717) is 35.1 Å². The highest BCUT2D eigenvalue weighted by Crippen LogP contribution is 2.43. The summed E-state index contributed by atoms with van der Waals surface area (Å²) in [6.07, 6.45) is 20.8. The number of allylic oxidation sites excluding steroid dienone is 6. The molecule has 1 saturated carbocycles. The van der Waals surface area contributed by atoms with Crippen LogP contribution in [0.5, 0.6) is 0 Å². The Morgan fingerprint density at radius 2 is 1.97 bits per heavy atom. The van der Waals surface area contributed by atoms with Crippen molar-refractivity contribution < 1.29 is 0 Å². The Bertz CT molecular complexity index is 867. The molecular weight excluding hydrogens is 474 g/mol. The molecule has 208 valence electrons. The molecule has 1 aliphatic heterocycles. The fraction of sp³-hybridized carbons (Fsp3) is 0.788. The summed E-state index contributed by atoms with van der Waals surface area (Å²) in [5.41, 5.74) is 3.45. The van der Waals surface area contributed by atoms with Crippen LogP contribution in [0.2, 0.25) is 0 Å². The summed E-state index contributed by atoms with van der Waals surface area (Å²) in [6.45, 7) is 17.6. The van der Waals surface area contributed by atoms with Gasteiger partial charge in [-0.1, -0.05) is 69.5 Å². The van der Waals surface area contributed by atoms with Crippen LogP contribution < -0.4 is 5.32 Å². The number of halogens is 1. The Hall–Kier alpha value is -0.900. The van der Waals surface area contributed by atoms with Crippen LogP contribution in [0.3, 0.4) is 0 Å². The molecule has 0 radical (unpaired) electrons. The van der Waals surface area contributed by atoms with Crippen molar-refractivity contribution in [1.82, 2.24) is 10.2 Å². The molecule has 5 atom stereocenters. The van der Waals surface area contributed by atoms with Crippen molar-refractivity contribution in [2.45, 2.75) is 98.4 Å². The van der Waals surface area contributed by atoms with Gasteiger partial charge in [0.1, 0.15) is 0 Å². The molecule has 0 aromatic heterocycles. The predicted octanol–water partition coefficient (Wildman–Crippen LogP) is 8.03. The van der Waals surface area contributed by atoms with Crippen molar-refractivity contribution in [3.8, 4) is 0 Å². The average molecular weight is 528 g/mol. The van der Waals surface area contributed by atoms with Crippen LogP contribution in [-0.4, -0.2) is 49.4 Å². The van der Waals surface area contributed by atoms with Crippen LogP contribution in [0.1, 0.15) is 92.4 Å². The number of nitrogens with zero attached hydrogens (tertiary/aromatic N) is 2. The van der Waals surface area contributed by atoms with E-state index < -0.39 is 0 Å². The van der Waals surface area contributed by atoms with Gasteiger partial charge in [0.05, 0.1) is 0 Å². The molecule has 1 saturated heterocycles. The second kappa shape index (κ2) is 13.4. The van der Waals surface area contributed by atoms with E-state index in [0.717, 1.165) is 36.9 Å². The minimum atomic E-state index is 0.308. The molecule has 3 aliphatic carbocycles. The first-order chi connectivity index (χ1) is 17.8. The molecule has 1 heterocycles. The van der Waals surface area contributed by atoms with Gasteiger partial charge in [0.2, 0.25) is 0 Å². The molecule has 2 fully saturated rings. The average Bonchev–Trinajstić information content (AvgIpc) is 2.87. The van der Waals surface area contributed by atoms with Gasteiger partial charge >= 0.3 is 0 Å². The molecule has 1 N–H and O–H groups in total. The Kier molecular flexibility index (Phi) is 10.6. The third-order valence-corrected chi connectivity index (χ3v) is 10.1. The summed E-state index contributed by atoms with van der Waals surface area (Å²) in [7, 11) is 0. The number of hydrogen-bond donors (Lipinski definition) is 1. The van der Waals surface area contributed by atoms with Gasteiger partial charge in [0.25, 0.3) is 0 Å². The van der Waals surface area contributed by atoms with E-state index in [1.165, 1.54) is 70.3 Å². The van der Waals surface area contributed by atoms with Gasteiger partial charge in [0.15, 0.2) is 0 Å². The normalized spacial score (nSPS) is 32.9. The molecule has 3 nitrogen and oxygen atoms in total.